The first kappa shape index (κ1) is 16.4. The quantitative estimate of drug-likeness (QED) is 0.743. The van der Waals surface area contributed by atoms with Crippen molar-refractivity contribution in [1.29, 1.82) is 0 Å². The Labute approximate surface area is 125 Å². The summed E-state index contributed by atoms with van der Waals surface area (Å²) in [5, 5.41) is 0. The monoisotopic (exact) mass is 294 g/mol. The predicted molar refractivity (Wildman–Crippen MR) is 85.9 cm³/mol. The highest BCUT2D eigenvalue weighted by Gasteiger charge is 2.18. The number of carbonyl (C=O) groups excluding carboxylic acids is 1. The zero-order valence-electron chi connectivity index (χ0n) is 12.3. The summed E-state index contributed by atoms with van der Waals surface area (Å²) in [6, 6.07) is 1.90. The summed E-state index contributed by atoms with van der Waals surface area (Å²) in [6.07, 6.45) is 1.99. The number of hydrogen-bond donors (Lipinski definition) is 2. The van der Waals surface area contributed by atoms with E-state index in [4.69, 9.17) is 23.7 Å². The molecule has 0 bridgehead atoms. The number of pyridine rings is 1. The molecule has 0 unspecified atom stereocenters. The molecule has 0 aliphatic heterocycles. The summed E-state index contributed by atoms with van der Waals surface area (Å²) in [7, 11) is 0. The average molecular weight is 294 g/mol. The summed E-state index contributed by atoms with van der Waals surface area (Å²) in [6.45, 7) is 6.76. The molecule has 1 amide bonds. The van der Waals surface area contributed by atoms with E-state index in [1.165, 1.54) is 0 Å². The van der Waals surface area contributed by atoms with E-state index < -0.39 is 0 Å². The molecule has 0 aromatic carbocycles. The van der Waals surface area contributed by atoms with Gasteiger partial charge in [0.1, 0.15) is 4.99 Å². The summed E-state index contributed by atoms with van der Waals surface area (Å²) in [4.78, 5) is 17.9. The lowest BCUT2D eigenvalue weighted by Crippen LogP contribution is -2.36. The normalized spacial score (nSPS) is 10.3. The van der Waals surface area contributed by atoms with Crippen molar-refractivity contribution in [1.82, 2.24) is 4.98 Å². The third-order valence-electron chi connectivity index (χ3n) is 3.02. The number of thiocarbonyl (C=S) groups is 1. The number of anilines is 1. The van der Waals surface area contributed by atoms with Crippen LogP contribution in [0.3, 0.4) is 0 Å². The number of unbranched alkanes of at least 4 members (excludes halogenated alkanes) is 1. The van der Waals surface area contributed by atoms with Crippen LogP contribution in [-0.4, -0.2) is 29.0 Å². The highest BCUT2D eigenvalue weighted by atomic mass is 32.1. The molecule has 0 saturated carbocycles. The Balaban J connectivity index is 3.29. The van der Waals surface area contributed by atoms with E-state index in [0.717, 1.165) is 42.0 Å². The molecule has 0 radical (unpaired) electrons. The van der Waals surface area contributed by atoms with E-state index in [0.29, 0.717) is 0 Å². The number of rotatable bonds is 7. The second kappa shape index (κ2) is 7.19. The minimum absolute atomic E-state index is 0.151. The summed E-state index contributed by atoms with van der Waals surface area (Å²) in [5.74, 6) is -0.373. The van der Waals surface area contributed by atoms with Crippen molar-refractivity contribution >= 4 is 28.8 Å². The van der Waals surface area contributed by atoms with Gasteiger partial charge in [0.2, 0.25) is 5.91 Å². The van der Waals surface area contributed by atoms with Gasteiger partial charge < -0.3 is 16.4 Å². The minimum Gasteiger partial charge on any atom is -0.389 e. The van der Waals surface area contributed by atoms with Crippen LogP contribution >= 0.6 is 12.2 Å². The molecular formula is C14H22N4OS. The van der Waals surface area contributed by atoms with E-state index in [-0.39, 0.29) is 17.4 Å². The van der Waals surface area contributed by atoms with Crippen molar-refractivity contribution in [3.05, 3.63) is 23.0 Å². The minimum atomic E-state index is -0.373. The second-order valence-corrected chi connectivity index (χ2v) is 5.29. The Hall–Kier alpha value is -1.69. The number of nitrogens with two attached hydrogens (primary N) is 2. The molecule has 1 heterocycles. The lowest BCUT2D eigenvalue weighted by molar-refractivity contribution is -0.116. The maximum atomic E-state index is 11.3. The molecule has 20 heavy (non-hydrogen) atoms. The van der Waals surface area contributed by atoms with E-state index in [1.807, 2.05) is 24.8 Å². The molecule has 110 valence electrons. The van der Waals surface area contributed by atoms with Crippen LogP contribution in [0.5, 0.6) is 0 Å². The fourth-order valence-electron chi connectivity index (χ4n) is 2.18. The van der Waals surface area contributed by atoms with Crippen molar-refractivity contribution in [2.45, 2.75) is 33.6 Å². The second-order valence-electron chi connectivity index (χ2n) is 4.85. The van der Waals surface area contributed by atoms with Gasteiger partial charge in [-0.3, -0.25) is 9.78 Å². The predicted octanol–water partition coefficient (Wildman–Crippen LogP) is 1.42. The average Bonchev–Trinajstić information content (AvgIpc) is 2.32. The van der Waals surface area contributed by atoms with Crippen molar-refractivity contribution < 1.29 is 4.79 Å². The molecule has 0 aliphatic carbocycles. The van der Waals surface area contributed by atoms with Gasteiger partial charge in [-0.15, -0.1) is 0 Å². The number of amides is 1. The van der Waals surface area contributed by atoms with Gasteiger partial charge >= 0.3 is 0 Å². The lowest BCUT2D eigenvalue weighted by atomic mass is 10.1. The van der Waals surface area contributed by atoms with E-state index in [9.17, 15) is 4.79 Å². The Bertz CT molecular complexity index is 516. The van der Waals surface area contributed by atoms with Crippen molar-refractivity contribution in [2.75, 3.05) is 18.0 Å². The van der Waals surface area contributed by atoms with Gasteiger partial charge in [0.25, 0.3) is 0 Å². The van der Waals surface area contributed by atoms with Crippen LogP contribution in [-0.2, 0) is 4.79 Å². The number of primary amides is 1. The first-order valence-electron chi connectivity index (χ1n) is 6.68. The molecule has 0 spiro atoms. The number of nitrogens with zero attached hydrogens (tertiary/aromatic N) is 2. The van der Waals surface area contributed by atoms with Crippen LogP contribution in [0.15, 0.2) is 6.07 Å². The molecule has 6 heteroatoms. The number of carbonyl (C=O) groups is 1. The molecule has 4 N–H and O–H groups in total. The van der Waals surface area contributed by atoms with Crippen molar-refractivity contribution in [2.24, 2.45) is 11.5 Å². The maximum absolute atomic E-state index is 11.3. The van der Waals surface area contributed by atoms with Crippen LogP contribution < -0.4 is 16.4 Å². The van der Waals surface area contributed by atoms with Gasteiger partial charge in [0.05, 0.1) is 17.8 Å². The van der Waals surface area contributed by atoms with Crippen molar-refractivity contribution in [3.8, 4) is 0 Å². The Kier molecular flexibility index (Phi) is 5.88. The van der Waals surface area contributed by atoms with Crippen LogP contribution in [0.1, 0.15) is 36.7 Å². The Morgan fingerprint density at radius 1 is 1.40 bits per heavy atom. The summed E-state index contributed by atoms with van der Waals surface area (Å²) >= 11 is 5.12. The number of aryl methyl sites for hydroxylation is 2. The lowest BCUT2D eigenvalue weighted by Gasteiger charge is -2.26. The number of aromatic nitrogens is 1. The van der Waals surface area contributed by atoms with E-state index in [2.05, 4.69) is 11.9 Å². The maximum Gasteiger partial charge on any atom is 0.236 e. The van der Waals surface area contributed by atoms with Crippen LogP contribution in [0.4, 0.5) is 5.69 Å². The molecule has 1 aromatic heterocycles. The van der Waals surface area contributed by atoms with Crippen LogP contribution in [0.25, 0.3) is 0 Å². The third kappa shape index (κ3) is 4.16. The molecule has 0 aliphatic rings. The molecule has 5 nitrogen and oxygen atoms in total. The largest absolute Gasteiger partial charge is 0.389 e. The number of hydrogen-bond acceptors (Lipinski definition) is 4. The highest BCUT2D eigenvalue weighted by molar-refractivity contribution is 7.80. The van der Waals surface area contributed by atoms with Gasteiger partial charge in [0, 0.05) is 17.9 Å². The van der Waals surface area contributed by atoms with Crippen LogP contribution in [0.2, 0.25) is 0 Å². The fourth-order valence-corrected chi connectivity index (χ4v) is 2.44. The molecule has 1 aromatic rings. The molecule has 0 fully saturated rings. The van der Waals surface area contributed by atoms with Gasteiger partial charge in [-0.2, -0.15) is 0 Å². The molecule has 1 rings (SSSR count). The molecule has 0 saturated heterocycles. The fraction of sp³-hybridized carbons (Fsp3) is 0.500. The van der Waals surface area contributed by atoms with Gasteiger partial charge in [-0.1, -0.05) is 25.6 Å². The van der Waals surface area contributed by atoms with E-state index >= 15 is 0 Å². The van der Waals surface area contributed by atoms with E-state index in [1.54, 1.807) is 0 Å². The van der Waals surface area contributed by atoms with Crippen LogP contribution in [0, 0.1) is 13.8 Å². The van der Waals surface area contributed by atoms with Gasteiger partial charge in [-0.25, -0.2) is 0 Å². The zero-order chi connectivity index (χ0) is 15.3. The Morgan fingerprint density at radius 2 is 2.05 bits per heavy atom. The molecule has 0 atom stereocenters. The summed E-state index contributed by atoms with van der Waals surface area (Å²) < 4.78 is 0. The summed E-state index contributed by atoms with van der Waals surface area (Å²) in [5.41, 5.74) is 14.4. The molecular weight excluding hydrogens is 272 g/mol. The first-order valence-corrected chi connectivity index (χ1v) is 7.09. The topological polar surface area (TPSA) is 85.2 Å². The third-order valence-corrected chi connectivity index (χ3v) is 3.23. The SMILES string of the molecule is CCCCN(CC(N)=O)c1cc(C)nc(C)c1C(N)=S. The standard InChI is InChI=1S/C14H22N4OS/c1-4-5-6-18(8-12(15)19)11-7-9(2)17-10(3)13(11)14(16)20/h7H,4-6,8H2,1-3H3,(H2,15,19)(H2,16,20). The highest BCUT2D eigenvalue weighted by Crippen LogP contribution is 2.24. The first-order chi connectivity index (χ1) is 9.36. The van der Waals surface area contributed by atoms with Gasteiger partial charge in [0.15, 0.2) is 0 Å². The van der Waals surface area contributed by atoms with Crippen molar-refractivity contribution in [3.63, 3.8) is 0 Å². The Morgan fingerprint density at radius 3 is 2.55 bits per heavy atom. The van der Waals surface area contributed by atoms with Gasteiger partial charge in [-0.05, 0) is 26.3 Å². The smallest absolute Gasteiger partial charge is 0.236 e. The zero-order valence-corrected chi connectivity index (χ0v) is 13.1.